The molecule has 0 spiro atoms. The maximum atomic E-state index is 13.2. The Labute approximate surface area is 242 Å². The fourth-order valence-corrected chi connectivity index (χ4v) is 4.53. The maximum Gasteiger partial charge on any atom is 0.179 e. The fourth-order valence-electron chi connectivity index (χ4n) is 4.53. The summed E-state index contributed by atoms with van der Waals surface area (Å²) in [6.07, 6.45) is 2.64. The van der Waals surface area contributed by atoms with E-state index in [1.54, 1.807) is 33.6 Å². The van der Waals surface area contributed by atoms with Crippen LogP contribution in [0.2, 0.25) is 0 Å². The van der Waals surface area contributed by atoms with E-state index < -0.39 is 0 Å². The lowest BCUT2D eigenvalue weighted by Gasteiger charge is -2.36. The summed E-state index contributed by atoms with van der Waals surface area (Å²) in [5.41, 5.74) is 3.64. The third-order valence-electron chi connectivity index (χ3n) is 6.48. The molecule has 0 bridgehead atoms. The van der Waals surface area contributed by atoms with Gasteiger partial charge in [-0.3, -0.25) is 14.7 Å². The smallest absolute Gasteiger partial charge is 0.179 e. The van der Waals surface area contributed by atoms with Crippen LogP contribution in [0.4, 0.5) is 5.69 Å². The molecule has 0 aliphatic carbocycles. The first-order valence-corrected chi connectivity index (χ1v) is 11.9. The quantitative estimate of drug-likeness (QED) is 0.335. The predicted molar refractivity (Wildman–Crippen MR) is 159 cm³/mol. The van der Waals surface area contributed by atoms with E-state index in [-0.39, 0.29) is 48.0 Å². The Balaban J connectivity index is 0.00000361. The number of carbonyl (C=O) groups excluding carboxylic acids is 1. The van der Waals surface area contributed by atoms with Crippen molar-refractivity contribution in [2.45, 2.75) is 12.8 Å². The van der Waals surface area contributed by atoms with Gasteiger partial charge in [-0.25, -0.2) is 0 Å². The Morgan fingerprint density at radius 1 is 0.821 bits per heavy atom. The van der Waals surface area contributed by atoms with E-state index in [0.717, 1.165) is 61.7 Å². The molecule has 39 heavy (non-hydrogen) atoms. The summed E-state index contributed by atoms with van der Waals surface area (Å²) < 4.78 is 16.1. The van der Waals surface area contributed by atoms with Gasteiger partial charge < -0.3 is 30.1 Å². The number of ether oxygens (including phenoxy) is 3. The van der Waals surface area contributed by atoms with E-state index >= 15 is 0 Å². The van der Waals surface area contributed by atoms with Gasteiger partial charge in [-0.2, -0.15) is 0 Å². The maximum absolute atomic E-state index is 13.2. The van der Waals surface area contributed by atoms with E-state index in [2.05, 4.69) is 33.0 Å². The van der Waals surface area contributed by atoms with Crippen LogP contribution < -0.4 is 19.1 Å². The van der Waals surface area contributed by atoms with Gasteiger partial charge in [0.1, 0.15) is 5.75 Å². The number of hydrogen-bond donors (Lipinski definition) is 0. The number of methoxy groups -OCH3 is 3. The molecule has 0 atom stereocenters. The Hall–Kier alpha value is -3.08. The minimum Gasteiger partial charge on any atom is -0.495 e. The lowest BCUT2D eigenvalue weighted by Crippen LogP contribution is -2.47. The van der Waals surface area contributed by atoms with Crippen LogP contribution in [0.5, 0.6) is 17.2 Å². The van der Waals surface area contributed by atoms with Gasteiger partial charge in [0.15, 0.2) is 17.3 Å². The number of pyridine rings is 1. The minimum atomic E-state index is 0. The molecule has 9 nitrogen and oxygen atoms in total. The van der Waals surface area contributed by atoms with Crippen molar-refractivity contribution in [3.05, 3.63) is 77.6 Å². The SMILES string of the molecule is COc1cnc(CC(=O)c2ccccc2CCN2CCN(c3ccccc3OC)CC2)cc1OC.Cl.Cl.O.O. The van der Waals surface area contributed by atoms with Crippen LogP contribution in [-0.2, 0) is 12.8 Å². The molecule has 1 fully saturated rings. The molecule has 1 aliphatic heterocycles. The van der Waals surface area contributed by atoms with Gasteiger partial charge in [-0.05, 0) is 24.1 Å². The third kappa shape index (κ3) is 8.98. The molecule has 2 aromatic carbocycles. The Morgan fingerprint density at radius 3 is 2.10 bits per heavy atom. The van der Waals surface area contributed by atoms with Gasteiger partial charge in [0, 0.05) is 44.4 Å². The van der Waals surface area contributed by atoms with Gasteiger partial charge in [0.25, 0.3) is 0 Å². The molecule has 1 aromatic heterocycles. The number of Topliss-reactive ketones (excluding diaryl/α,β-unsaturated/α-hetero) is 1. The predicted octanol–water partition coefficient (Wildman–Crippen LogP) is 3.09. The molecular formula is C28H39Cl2N3O6. The van der Waals surface area contributed by atoms with Gasteiger partial charge in [-0.1, -0.05) is 36.4 Å². The van der Waals surface area contributed by atoms with Crippen molar-refractivity contribution < 1.29 is 30.0 Å². The first-order valence-electron chi connectivity index (χ1n) is 11.9. The highest BCUT2D eigenvalue weighted by molar-refractivity contribution is 5.98. The number of ketones is 1. The van der Waals surface area contributed by atoms with Crippen LogP contribution in [0.25, 0.3) is 0 Å². The number of anilines is 1. The zero-order valence-corrected chi connectivity index (χ0v) is 24.1. The molecule has 2 heterocycles. The van der Waals surface area contributed by atoms with Gasteiger partial charge >= 0.3 is 0 Å². The molecule has 0 unspecified atom stereocenters. The Morgan fingerprint density at radius 2 is 1.44 bits per heavy atom. The number of para-hydroxylation sites is 2. The summed E-state index contributed by atoms with van der Waals surface area (Å²) in [6, 6.07) is 17.8. The van der Waals surface area contributed by atoms with Crippen LogP contribution in [0.15, 0.2) is 60.8 Å². The van der Waals surface area contributed by atoms with Crippen molar-refractivity contribution in [1.29, 1.82) is 0 Å². The molecule has 216 valence electrons. The van der Waals surface area contributed by atoms with Gasteiger partial charge in [0.05, 0.1) is 45.3 Å². The molecule has 0 saturated carbocycles. The van der Waals surface area contributed by atoms with Crippen LogP contribution in [-0.4, -0.2) is 80.7 Å². The number of rotatable bonds is 10. The largest absolute Gasteiger partial charge is 0.495 e. The Kier molecular flexibility index (Phi) is 16.1. The molecule has 1 aliphatic rings. The third-order valence-corrected chi connectivity index (χ3v) is 6.48. The molecule has 4 N–H and O–H groups in total. The van der Waals surface area contributed by atoms with E-state index in [1.165, 1.54) is 0 Å². The number of halogens is 2. The normalized spacial score (nSPS) is 12.5. The lowest BCUT2D eigenvalue weighted by atomic mass is 9.98. The van der Waals surface area contributed by atoms with Crippen LogP contribution in [0.1, 0.15) is 21.6 Å². The number of nitrogens with zero attached hydrogens (tertiary/aromatic N) is 3. The average Bonchev–Trinajstić information content (AvgIpc) is 2.92. The van der Waals surface area contributed by atoms with Crippen molar-refractivity contribution in [2.24, 2.45) is 0 Å². The van der Waals surface area contributed by atoms with Crippen LogP contribution >= 0.6 is 24.8 Å². The molecule has 0 radical (unpaired) electrons. The molecule has 0 amide bonds. The number of hydrogen-bond acceptors (Lipinski definition) is 7. The molecular weight excluding hydrogens is 545 g/mol. The Bertz CT molecular complexity index is 1160. The zero-order chi connectivity index (χ0) is 24.6. The van der Waals surface area contributed by atoms with Crippen molar-refractivity contribution >= 4 is 36.3 Å². The van der Waals surface area contributed by atoms with E-state index in [9.17, 15) is 4.79 Å². The number of carbonyl (C=O) groups is 1. The molecule has 1 saturated heterocycles. The highest BCUT2D eigenvalue weighted by atomic mass is 35.5. The average molecular weight is 585 g/mol. The second kappa shape index (κ2) is 17.5. The first kappa shape index (κ1) is 35.9. The highest BCUT2D eigenvalue weighted by Crippen LogP contribution is 2.29. The summed E-state index contributed by atoms with van der Waals surface area (Å²) in [6.45, 7) is 4.77. The lowest BCUT2D eigenvalue weighted by molar-refractivity contribution is 0.0990. The summed E-state index contributed by atoms with van der Waals surface area (Å²) >= 11 is 0. The highest BCUT2D eigenvalue weighted by Gasteiger charge is 2.20. The van der Waals surface area contributed by atoms with Crippen LogP contribution in [0.3, 0.4) is 0 Å². The first-order chi connectivity index (χ1) is 17.1. The van der Waals surface area contributed by atoms with Gasteiger partial charge in [-0.15, -0.1) is 24.8 Å². The number of piperazine rings is 1. The molecule has 11 heteroatoms. The van der Waals surface area contributed by atoms with Crippen molar-refractivity contribution in [1.82, 2.24) is 9.88 Å². The van der Waals surface area contributed by atoms with Crippen LogP contribution in [0, 0.1) is 0 Å². The second-order valence-corrected chi connectivity index (χ2v) is 8.54. The monoisotopic (exact) mass is 583 g/mol. The topological polar surface area (TPSA) is 127 Å². The molecule has 3 aromatic rings. The second-order valence-electron chi connectivity index (χ2n) is 8.54. The van der Waals surface area contributed by atoms with Gasteiger partial charge in [0.2, 0.25) is 0 Å². The molecule has 4 rings (SSSR count). The van der Waals surface area contributed by atoms with E-state index in [1.807, 2.05) is 30.3 Å². The zero-order valence-electron chi connectivity index (χ0n) is 22.5. The minimum absolute atomic E-state index is 0. The summed E-state index contributed by atoms with van der Waals surface area (Å²) in [7, 11) is 4.86. The van der Waals surface area contributed by atoms with E-state index in [0.29, 0.717) is 17.2 Å². The number of aromatic nitrogens is 1. The number of benzene rings is 2. The summed E-state index contributed by atoms with van der Waals surface area (Å²) in [5.74, 6) is 2.10. The van der Waals surface area contributed by atoms with Crippen molar-refractivity contribution in [3.8, 4) is 17.2 Å². The summed E-state index contributed by atoms with van der Waals surface area (Å²) in [5, 5.41) is 0. The summed E-state index contributed by atoms with van der Waals surface area (Å²) in [4.78, 5) is 22.4. The standard InChI is InChI=1S/C28H33N3O4.2ClH.2H2O/c1-33-26-11-7-6-10-24(26)31-16-14-30(15-17-31)13-12-21-8-4-5-9-23(21)25(32)18-22-19-27(34-2)28(35-3)20-29-22;;;;/h4-11,19-20H,12-18H2,1-3H3;2*1H;2*1H2. The fraction of sp³-hybridized carbons (Fsp3) is 0.357. The van der Waals surface area contributed by atoms with Crippen molar-refractivity contribution in [3.63, 3.8) is 0 Å². The van der Waals surface area contributed by atoms with E-state index in [4.69, 9.17) is 14.2 Å². The van der Waals surface area contributed by atoms with Crippen molar-refractivity contribution in [2.75, 3.05) is 59.0 Å².